The van der Waals surface area contributed by atoms with E-state index in [0.29, 0.717) is 5.92 Å². The molecule has 0 fully saturated rings. The fourth-order valence-electron chi connectivity index (χ4n) is 1.27. The first-order valence-electron chi connectivity index (χ1n) is 4.94. The highest BCUT2D eigenvalue weighted by molar-refractivity contribution is 5.79. The Bertz CT molecular complexity index is 157. The van der Waals surface area contributed by atoms with Crippen LogP contribution in [0.1, 0.15) is 20.8 Å². The minimum Gasteiger partial charge on any atom is -0.346 e. The van der Waals surface area contributed by atoms with E-state index in [9.17, 15) is 4.79 Å². The molecule has 0 aromatic rings. The molecule has 0 aromatic carbocycles. The largest absolute Gasteiger partial charge is 0.346 e. The number of nitrogens with zero attached hydrogens (tertiary/aromatic N) is 1. The molecule has 13 heavy (non-hydrogen) atoms. The number of nitrogens with one attached hydrogen (secondary N) is 1. The lowest BCUT2D eigenvalue weighted by atomic mass is 9.94. The highest BCUT2D eigenvalue weighted by Crippen LogP contribution is 2.12. The topological polar surface area (TPSA) is 32.3 Å². The molecule has 0 aromatic heterocycles. The van der Waals surface area contributed by atoms with E-state index in [1.165, 1.54) is 0 Å². The second kappa shape index (κ2) is 5.97. The highest BCUT2D eigenvalue weighted by atomic mass is 16.2. The molecular weight excluding hydrogens is 164 g/mol. The maximum atomic E-state index is 11.8. The summed E-state index contributed by atoms with van der Waals surface area (Å²) in [5.74, 6) is 0.746. The number of rotatable bonds is 5. The number of carbonyl (C=O) groups is 1. The predicted molar refractivity (Wildman–Crippen MR) is 55.6 cm³/mol. The van der Waals surface area contributed by atoms with Crippen molar-refractivity contribution in [2.75, 3.05) is 27.2 Å². The molecule has 0 aliphatic carbocycles. The van der Waals surface area contributed by atoms with Crippen LogP contribution in [0.3, 0.4) is 0 Å². The molecule has 78 valence electrons. The predicted octanol–water partition coefficient (Wildman–Crippen LogP) is 0.956. The Hall–Kier alpha value is -0.570. The molecule has 0 aliphatic rings. The van der Waals surface area contributed by atoms with Gasteiger partial charge in [0.25, 0.3) is 0 Å². The molecule has 0 aliphatic heterocycles. The molecule has 0 saturated carbocycles. The Morgan fingerprint density at radius 2 is 2.00 bits per heavy atom. The molecule has 1 amide bonds. The standard InChI is InChI=1S/C10H22N2O/c1-6-12(5)10(13)9(7-11-4)8(2)3/h8-9,11H,6-7H2,1-5H3. The van der Waals surface area contributed by atoms with Crippen molar-refractivity contribution in [3.8, 4) is 0 Å². The van der Waals surface area contributed by atoms with Gasteiger partial charge in [0.2, 0.25) is 5.91 Å². The van der Waals surface area contributed by atoms with Crippen LogP contribution in [0, 0.1) is 11.8 Å². The summed E-state index contributed by atoms with van der Waals surface area (Å²) in [6.07, 6.45) is 0. The lowest BCUT2D eigenvalue weighted by Crippen LogP contribution is -2.39. The first kappa shape index (κ1) is 12.4. The summed E-state index contributed by atoms with van der Waals surface area (Å²) in [4.78, 5) is 13.6. The van der Waals surface area contributed by atoms with E-state index in [4.69, 9.17) is 0 Å². The molecule has 1 unspecified atom stereocenters. The fourth-order valence-corrected chi connectivity index (χ4v) is 1.27. The van der Waals surface area contributed by atoms with Gasteiger partial charge in [-0.25, -0.2) is 0 Å². The molecule has 1 atom stereocenters. The second-order valence-electron chi connectivity index (χ2n) is 3.76. The maximum Gasteiger partial charge on any atom is 0.226 e. The highest BCUT2D eigenvalue weighted by Gasteiger charge is 2.23. The van der Waals surface area contributed by atoms with Crippen LogP contribution in [0.2, 0.25) is 0 Å². The zero-order valence-corrected chi connectivity index (χ0v) is 9.42. The minimum atomic E-state index is 0.106. The monoisotopic (exact) mass is 186 g/mol. The smallest absolute Gasteiger partial charge is 0.226 e. The Morgan fingerprint density at radius 1 is 1.46 bits per heavy atom. The van der Waals surface area contributed by atoms with Gasteiger partial charge in [-0.2, -0.15) is 0 Å². The van der Waals surface area contributed by atoms with Crippen molar-refractivity contribution in [3.05, 3.63) is 0 Å². The normalized spacial score (nSPS) is 13.1. The summed E-state index contributed by atoms with van der Waals surface area (Å²) in [7, 11) is 3.74. The quantitative estimate of drug-likeness (QED) is 0.693. The Balaban J connectivity index is 4.27. The average Bonchev–Trinajstić information content (AvgIpc) is 2.11. The van der Waals surface area contributed by atoms with Crippen molar-refractivity contribution in [2.24, 2.45) is 11.8 Å². The van der Waals surface area contributed by atoms with Gasteiger partial charge in [0, 0.05) is 20.1 Å². The van der Waals surface area contributed by atoms with E-state index in [2.05, 4.69) is 19.2 Å². The van der Waals surface area contributed by atoms with E-state index >= 15 is 0 Å². The van der Waals surface area contributed by atoms with Gasteiger partial charge >= 0.3 is 0 Å². The van der Waals surface area contributed by atoms with E-state index in [0.717, 1.165) is 13.1 Å². The Labute approximate surface area is 81.5 Å². The van der Waals surface area contributed by atoms with Crippen molar-refractivity contribution in [3.63, 3.8) is 0 Å². The number of hydrogen-bond donors (Lipinski definition) is 1. The summed E-state index contributed by atoms with van der Waals surface area (Å²) < 4.78 is 0. The number of carbonyl (C=O) groups excluding carboxylic acids is 1. The third-order valence-corrected chi connectivity index (χ3v) is 2.40. The minimum absolute atomic E-state index is 0.106. The molecular formula is C10H22N2O. The SMILES string of the molecule is CCN(C)C(=O)C(CNC)C(C)C. The van der Waals surface area contributed by atoms with Crippen LogP contribution in [0.25, 0.3) is 0 Å². The maximum absolute atomic E-state index is 11.8. The molecule has 1 N–H and O–H groups in total. The summed E-state index contributed by atoms with van der Waals surface area (Å²) in [5, 5.41) is 3.06. The lowest BCUT2D eigenvalue weighted by Gasteiger charge is -2.25. The second-order valence-corrected chi connectivity index (χ2v) is 3.76. The summed E-state index contributed by atoms with van der Waals surface area (Å²) in [6, 6.07) is 0. The van der Waals surface area contributed by atoms with E-state index < -0.39 is 0 Å². The molecule has 0 radical (unpaired) electrons. The molecule has 0 bridgehead atoms. The van der Waals surface area contributed by atoms with Gasteiger partial charge in [-0.1, -0.05) is 13.8 Å². The first-order chi connectivity index (χ1) is 6.04. The van der Waals surface area contributed by atoms with Crippen molar-refractivity contribution >= 4 is 5.91 Å². The van der Waals surface area contributed by atoms with E-state index in [1.54, 1.807) is 4.90 Å². The van der Waals surface area contributed by atoms with Crippen LogP contribution < -0.4 is 5.32 Å². The zero-order chi connectivity index (χ0) is 10.4. The van der Waals surface area contributed by atoms with Crippen LogP contribution in [0.5, 0.6) is 0 Å². The van der Waals surface area contributed by atoms with Gasteiger partial charge in [0.05, 0.1) is 5.92 Å². The molecule has 0 rings (SSSR count). The van der Waals surface area contributed by atoms with Gasteiger partial charge in [-0.05, 0) is 19.9 Å². The van der Waals surface area contributed by atoms with Crippen LogP contribution in [0.4, 0.5) is 0 Å². The van der Waals surface area contributed by atoms with Crippen molar-refractivity contribution in [2.45, 2.75) is 20.8 Å². The molecule has 0 saturated heterocycles. The van der Waals surface area contributed by atoms with Gasteiger partial charge < -0.3 is 10.2 Å². The van der Waals surface area contributed by atoms with Gasteiger partial charge in [-0.3, -0.25) is 4.79 Å². The number of hydrogen-bond acceptors (Lipinski definition) is 2. The van der Waals surface area contributed by atoms with E-state index in [-0.39, 0.29) is 11.8 Å². The van der Waals surface area contributed by atoms with Gasteiger partial charge in [0.1, 0.15) is 0 Å². The van der Waals surface area contributed by atoms with Gasteiger partial charge in [-0.15, -0.1) is 0 Å². The van der Waals surface area contributed by atoms with Crippen LogP contribution in [-0.2, 0) is 4.79 Å². The van der Waals surface area contributed by atoms with Crippen molar-refractivity contribution < 1.29 is 4.79 Å². The lowest BCUT2D eigenvalue weighted by molar-refractivity contribution is -0.135. The summed E-state index contributed by atoms with van der Waals surface area (Å²) in [5.41, 5.74) is 0. The van der Waals surface area contributed by atoms with Crippen LogP contribution in [0.15, 0.2) is 0 Å². The molecule has 0 spiro atoms. The van der Waals surface area contributed by atoms with Gasteiger partial charge in [0.15, 0.2) is 0 Å². The van der Waals surface area contributed by atoms with Crippen molar-refractivity contribution in [1.29, 1.82) is 0 Å². The molecule has 3 heteroatoms. The summed E-state index contributed by atoms with van der Waals surface area (Å²) in [6.45, 7) is 7.72. The zero-order valence-electron chi connectivity index (χ0n) is 9.42. The van der Waals surface area contributed by atoms with E-state index in [1.807, 2.05) is 21.0 Å². The van der Waals surface area contributed by atoms with Crippen LogP contribution in [-0.4, -0.2) is 38.0 Å². The third kappa shape index (κ3) is 3.77. The Morgan fingerprint density at radius 3 is 2.31 bits per heavy atom. The van der Waals surface area contributed by atoms with Crippen LogP contribution >= 0.6 is 0 Å². The third-order valence-electron chi connectivity index (χ3n) is 2.40. The van der Waals surface area contributed by atoms with Crippen molar-refractivity contribution in [1.82, 2.24) is 10.2 Å². The molecule has 3 nitrogen and oxygen atoms in total. The number of amides is 1. The average molecular weight is 186 g/mol. The summed E-state index contributed by atoms with van der Waals surface area (Å²) >= 11 is 0. The first-order valence-corrected chi connectivity index (χ1v) is 4.94. The Kier molecular flexibility index (Phi) is 5.71. The molecule has 0 heterocycles. The fraction of sp³-hybridized carbons (Fsp3) is 0.900.